The van der Waals surface area contributed by atoms with Crippen molar-refractivity contribution in [2.45, 2.75) is 51.7 Å². The average molecular weight is 408 g/mol. The minimum absolute atomic E-state index is 0.0782. The molecule has 1 unspecified atom stereocenters. The van der Waals surface area contributed by atoms with E-state index in [-0.39, 0.29) is 12.6 Å². The van der Waals surface area contributed by atoms with Gasteiger partial charge in [-0.3, -0.25) is 14.2 Å². The van der Waals surface area contributed by atoms with Gasteiger partial charge in [0.1, 0.15) is 12.1 Å². The minimum Gasteiger partial charge on any atom is -0.311 e. The normalized spacial score (nSPS) is 25.7. The zero-order valence-corrected chi connectivity index (χ0v) is 16.4. The van der Waals surface area contributed by atoms with Gasteiger partial charge >= 0.3 is 16.4 Å². The van der Waals surface area contributed by atoms with Crippen LogP contribution in [-0.4, -0.2) is 73.0 Å². The lowest BCUT2D eigenvalue weighted by atomic mass is 9.86. The molecule has 3 N–H and O–H groups in total. The molecule has 3 aliphatic rings. The Hall–Kier alpha value is -1.47. The summed E-state index contributed by atoms with van der Waals surface area (Å²) in [5.41, 5.74) is 4.08. The van der Waals surface area contributed by atoms with Crippen molar-refractivity contribution in [1.29, 1.82) is 0 Å². The first-order valence-corrected chi connectivity index (χ1v) is 10.5. The van der Waals surface area contributed by atoms with Crippen LogP contribution >= 0.6 is 0 Å². The summed E-state index contributed by atoms with van der Waals surface area (Å²) in [7, 11) is -4.84. The van der Waals surface area contributed by atoms with Crippen LogP contribution in [-0.2, 0) is 24.3 Å². The molecule has 3 aliphatic heterocycles. The van der Waals surface area contributed by atoms with E-state index in [0.29, 0.717) is 18.8 Å². The number of nitrogens with one attached hydrogen (secondary N) is 2. The molecule has 3 rings (SSSR count). The monoisotopic (exact) mass is 408 g/mol. The van der Waals surface area contributed by atoms with Gasteiger partial charge in [-0.05, 0) is 45.2 Å². The van der Waals surface area contributed by atoms with Crippen LogP contribution in [0.5, 0.6) is 0 Å². The highest BCUT2D eigenvalue weighted by atomic mass is 32.3. The number of hydrogen-bond acceptors (Lipinski definition) is 7. The van der Waals surface area contributed by atoms with Crippen molar-refractivity contribution < 1.29 is 31.7 Å². The molecule has 2 bridgehead atoms. The van der Waals surface area contributed by atoms with E-state index in [4.69, 9.17) is 9.39 Å². The van der Waals surface area contributed by atoms with Gasteiger partial charge in [0.15, 0.2) is 0 Å². The fraction of sp³-hybridized carbons (Fsp3) is 0.867. The highest BCUT2D eigenvalue weighted by Gasteiger charge is 2.36. The van der Waals surface area contributed by atoms with Gasteiger partial charge in [0, 0.05) is 13.1 Å². The number of hydrogen-bond donors (Lipinski definition) is 3. The molecule has 3 fully saturated rings. The highest BCUT2D eigenvalue weighted by molar-refractivity contribution is 7.80. The number of carbonyl (C=O) groups is 2. The molecule has 0 radical (unpaired) electrons. The summed E-state index contributed by atoms with van der Waals surface area (Å²) in [5, 5.41) is 0. The molecule has 156 valence electrons. The van der Waals surface area contributed by atoms with Crippen molar-refractivity contribution in [1.82, 2.24) is 20.8 Å². The molecular formula is C15H28N4O7S. The lowest BCUT2D eigenvalue weighted by Crippen LogP contribution is -2.56. The molecule has 0 aromatic carbocycles. The van der Waals surface area contributed by atoms with Gasteiger partial charge in [0.25, 0.3) is 5.91 Å². The van der Waals surface area contributed by atoms with Crippen LogP contribution in [0.25, 0.3) is 0 Å². The fourth-order valence-electron chi connectivity index (χ4n) is 3.60. The quantitative estimate of drug-likeness (QED) is 0.360. The Balaban J connectivity index is 1.94. The van der Waals surface area contributed by atoms with Crippen LogP contribution in [0.2, 0.25) is 0 Å². The number of hydroxylamine groups is 2. The number of amides is 3. The Labute approximate surface area is 159 Å². The van der Waals surface area contributed by atoms with E-state index in [0.717, 1.165) is 37.4 Å². The summed E-state index contributed by atoms with van der Waals surface area (Å²) < 4.78 is 33.7. The Bertz CT molecular complexity index is 622. The number of likely N-dealkylation sites (N-methyl/N-ethyl adjacent to an activating group) is 1. The number of rotatable bonds is 9. The van der Waals surface area contributed by atoms with Gasteiger partial charge in [-0.2, -0.15) is 13.9 Å². The maximum Gasteiger partial charge on any atom is 0.418 e. The maximum atomic E-state index is 12.6. The lowest BCUT2D eigenvalue weighted by Gasteiger charge is -2.44. The second kappa shape index (κ2) is 9.64. The Morgan fingerprint density at radius 3 is 2.41 bits per heavy atom. The molecule has 0 aliphatic carbocycles. The number of piperidine rings is 3. The topological polar surface area (TPSA) is 138 Å². The van der Waals surface area contributed by atoms with Crippen molar-refractivity contribution in [3.05, 3.63) is 0 Å². The molecule has 11 nitrogen and oxygen atoms in total. The van der Waals surface area contributed by atoms with E-state index >= 15 is 0 Å². The summed E-state index contributed by atoms with van der Waals surface area (Å²) in [4.78, 5) is 33.8. The van der Waals surface area contributed by atoms with Crippen LogP contribution in [0.3, 0.4) is 0 Å². The third-order valence-corrected chi connectivity index (χ3v) is 5.28. The molecule has 0 saturated carbocycles. The first-order chi connectivity index (χ1) is 12.7. The van der Waals surface area contributed by atoms with E-state index in [1.165, 1.54) is 0 Å². The highest BCUT2D eigenvalue weighted by Crippen LogP contribution is 2.29. The Morgan fingerprint density at radius 1 is 1.26 bits per heavy atom. The first-order valence-electron chi connectivity index (χ1n) is 9.15. The minimum atomic E-state index is -4.84. The predicted octanol–water partition coefficient (Wildman–Crippen LogP) is 0.0630. The smallest absolute Gasteiger partial charge is 0.311 e. The van der Waals surface area contributed by atoms with Gasteiger partial charge in [0.2, 0.25) is 0 Å². The largest absolute Gasteiger partial charge is 0.418 e. The molecule has 3 saturated heterocycles. The SMILES string of the molecule is CCC[C@@H](C(=O)NOC1CN2CCC1CC2)N(CC)C(=O)NOS(=O)(=O)O. The zero-order chi connectivity index (χ0) is 20.0. The molecular weight excluding hydrogens is 380 g/mol. The fourth-order valence-corrected chi connectivity index (χ4v) is 3.78. The number of fused-ring (bicyclic) bond motifs is 3. The first kappa shape index (κ1) is 21.8. The lowest BCUT2D eigenvalue weighted by molar-refractivity contribution is -0.155. The number of urea groups is 1. The molecule has 3 amide bonds. The molecule has 0 aromatic rings. The molecule has 27 heavy (non-hydrogen) atoms. The van der Waals surface area contributed by atoms with Gasteiger partial charge in [-0.25, -0.2) is 10.3 Å². The van der Waals surface area contributed by atoms with Crippen molar-refractivity contribution in [3.8, 4) is 0 Å². The molecule has 0 spiro atoms. The number of nitrogens with zero attached hydrogens (tertiary/aromatic N) is 2. The standard InChI is InChI=1S/C15H28N4O7S/c1-3-5-12(19(4-2)15(21)17-26-27(22,23)24)14(20)16-25-13-10-18-8-6-11(13)7-9-18/h11-13H,3-10H2,1-2H3,(H,16,20)(H,17,21)(H,22,23,24)/t12-,13?/m0/s1. The van der Waals surface area contributed by atoms with Gasteiger partial charge in [0.05, 0.1) is 0 Å². The van der Waals surface area contributed by atoms with Gasteiger partial charge in [-0.1, -0.05) is 13.3 Å². The molecule has 3 heterocycles. The van der Waals surface area contributed by atoms with E-state index in [1.807, 2.05) is 6.92 Å². The second-order valence-corrected chi connectivity index (χ2v) is 7.79. The van der Waals surface area contributed by atoms with Crippen molar-refractivity contribution in [2.24, 2.45) is 5.92 Å². The Kier molecular flexibility index (Phi) is 7.79. The summed E-state index contributed by atoms with van der Waals surface area (Å²) in [5.74, 6) is -0.0779. The van der Waals surface area contributed by atoms with Gasteiger partial charge < -0.3 is 9.80 Å². The van der Waals surface area contributed by atoms with Gasteiger partial charge in [-0.15, -0.1) is 4.28 Å². The summed E-state index contributed by atoms with van der Waals surface area (Å²) in [6, 6.07) is -1.82. The van der Waals surface area contributed by atoms with Crippen LogP contribution in [0.15, 0.2) is 0 Å². The molecule has 2 atom stereocenters. The number of carbonyl (C=O) groups excluding carboxylic acids is 2. The van der Waals surface area contributed by atoms with Crippen LogP contribution in [0.1, 0.15) is 39.5 Å². The van der Waals surface area contributed by atoms with E-state index in [1.54, 1.807) is 12.4 Å². The van der Waals surface area contributed by atoms with E-state index in [9.17, 15) is 18.0 Å². The third kappa shape index (κ3) is 6.28. The van der Waals surface area contributed by atoms with Crippen molar-refractivity contribution in [2.75, 3.05) is 26.2 Å². The van der Waals surface area contributed by atoms with E-state index in [2.05, 4.69) is 14.7 Å². The summed E-state index contributed by atoms with van der Waals surface area (Å²) in [6.07, 6.45) is 2.96. The predicted molar refractivity (Wildman–Crippen MR) is 94.4 cm³/mol. The summed E-state index contributed by atoms with van der Waals surface area (Å²) >= 11 is 0. The van der Waals surface area contributed by atoms with Crippen LogP contribution in [0.4, 0.5) is 4.79 Å². The average Bonchev–Trinajstić information content (AvgIpc) is 2.64. The van der Waals surface area contributed by atoms with Crippen LogP contribution < -0.4 is 11.0 Å². The van der Waals surface area contributed by atoms with Crippen molar-refractivity contribution >= 4 is 22.3 Å². The molecule has 12 heteroatoms. The third-order valence-electron chi connectivity index (χ3n) is 4.98. The summed E-state index contributed by atoms with van der Waals surface area (Å²) in [6.45, 7) is 6.48. The zero-order valence-electron chi connectivity index (χ0n) is 15.6. The Morgan fingerprint density at radius 2 is 1.93 bits per heavy atom. The van der Waals surface area contributed by atoms with Crippen LogP contribution in [0, 0.1) is 5.92 Å². The van der Waals surface area contributed by atoms with Crippen molar-refractivity contribution in [3.63, 3.8) is 0 Å². The maximum absolute atomic E-state index is 12.6. The van der Waals surface area contributed by atoms with E-state index < -0.39 is 28.4 Å². The second-order valence-electron chi connectivity index (χ2n) is 6.77. The molecule has 0 aromatic heterocycles.